The van der Waals surface area contributed by atoms with Crippen LogP contribution >= 0.6 is 0 Å². The first-order valence-electron chi connectivity index (χ1n) is 7.02. The van der Waals surface area contributed by atoms with E-state index < -0.39 is 0 Å². The molecule has 1 amide bonds. The van der Waals surface area contributed by atoms with Gasteiger partial charge in [0.2, 0.25) is 5.76 Å². The summed E-state index contributed by atoms with van der Waals surface area (Å²) in [5, 5.41) is 7.13. The maximum atomic E-state index is 12.3. The van der Waals surface area contributed by atoms with Gasteiger partial charge in [-0.1, -0.05) is 19.0 Å². The summed E-state index contributed by atoms with van der Waals surface area (Å²) in [6.07, 6.45) is 3.83. The van der Waals surface area contributed by atoms with Crippen LogP contribution in [-0.2, 0) is 0 Å². The van der Waals surface area contributed by atoms with E-state index in [0.717, 1.165) is 31.6 Å². The lowest BCUT2D eigenvalue weighted by Crippen LogP contribution is -2.43. The highest BCUT2D eigenvalue weighted by Crippen LogP contribution is 2.19. The van der Waals surface area contributed by atoms with E-state index in [4.69, 9.17) is 4.52 Å². The van der Waals surface area contributed by atoms with Crippen LogP contribution in [0.25, 0.3) is 0 Å². The van der Waals surface area contributed by atoms with Crippen molar-refractivity contribution in [2.45, 2.75) is 39.7 Å². The molecule has 106 valence electrons. The van der Waals surface area contributed by atoms with Crippen molar-refractivity contribution in [1.82, 2.24) is 15.4 Å². The van der Waals surface area contributed by atoms with Crippen LogP contribution in [-0.4, -0.2) is 41.6 Å². The average molecular weight is 265 g/mol. The number of aryl methyl sites for hydroxylation is 1. The number of hydrogen-bond acceptors (Lipinski definition) is 4. The van der Waals surface area contributed by atoms with E-state index in [1.807, 2.05) is 11.8 Å². The van der Waals surface area contributed by atoms with Crippen molar-refractivity contribution in [3.63, 3.8) is 0 Å². The molecule has 1 aromatic rings. The van der Waals surface area contributed by atoms with Gasteiger partial charge in [-0.05, 0) is 32.2 Å². The van der Waals surface area contributed by atoms with E-state index in [1.54, 1.807) is 6.20 Å². The predicted molar refractivity (Wildman–Crippen MR) is 73.0 cm³/mol. The van der Waals surface area contributed by atoms with Gasteiger partial charge >= 0.3 is 0 Å². The van der Waals surface area contributed by atoms with Gasteiger partial charge in [-0.15, -0.1) is 0 Å². The zero-order valence-corrected chi connectivity index (χ0v) is 12.0. The summed E-state index contributed by atoms with van der Waals surface area (Å²) >= 11 is 0. The van der Waals surface area contributed by atoms with Crippen molar-refractivity contribution in [1.29, 1.82) is 0 Å². The van der Waals surface area contributed by atoms with Crippen LogP contribution in [0.3, 0.4) is 0 Å². The zero-order chi connectivity index (χ0) is 13.8. The fourth-order valence-electron chi connectivity index (χ4n) is 2.46. The molecule has 0 saturated carbocycles. The average Bonchev–Trinajstić information content (AvgIpc) is 2.82. The van der Waals surface area contributed by atoms with Gasteiger partial charge in [0.1, 0.15) is 0 Å². The summed E-state index contributed by atoms with van der Waals surface area (Å²) in [5.41, 5.74) is 0.812. The number of aromatic nitrogens is 1. The fourth-order valence-corrected chi connectivity index (χ4v) is 2.46. The molecule has 2 rings (SSSR count). The molecule has 0 radical (unpaired) electrons. The highest BCUT2D eigenvalue weighted by molar-refractivity contribution is 5.92. The lowest BCUT2D eigenvalue weighted by atomic mass is 9.97. The molecule has 5 nitrogen and oxygen atoms in total. The minimum absolute atomic E-state index is 0.0238. The number of nitrogens with zero attached hydrogens (tertiary/aromatic N) is 2. The number of likely N-dealkylation sites (tertiary alicyclic amines) is 1. The highest BCUT2D eigenvalue weighted by atomic mass is 16.5. The molecule has 0 aromatic carbocycles. The standard InChI is InChI=1S/C14H23N3O2/c1-10(2)15-8-12-5-4-6-17(9-12)14(18)13-11(3)7-16-19-13/h7,10,12,15H,4-6,8-9H2,1-3H3. The molecule has 1 atom stereocenters. The minimum Gasteiger partial charge on any atom is -0.351 e. The van der Waals surface area contributed by atoms with Crippen molar-refractivity contribution in [3.05, 3.63) is 17.5 Å². The highest BCUT2D eigenvalue weighted by Gasteiger charge is 2.27. The Labute approximate surface area is 114 Å². The van der Waals surface area contributed by atoms with Crippen LogP contribution in [0.4, 0.5) is 0 Å². The van der Waals surface area contributed by atoms with Gasteiger partial charge in [-0.2, -0.15) is 0 Å². The molecule has 1 fully saturated rings. The number of carbonyl (C=O) groups is 1. The summed E-state index contributed by atoms with van der Waals surface area (Å²) < 4.78 is 5.06. The maximum Gasteiger partial charge on any atom is 0.292 e. The molecule has 1 aromatic heterocycles. The molecule has 1 saturated heterocycles. The van der Waals surface area contributed by atoms with Gasteiger partial charge < -0.3 is 14.7 Å². The van der Waals surface area contributed by atoms with Crippen LogP contribution in [0, 0.1) is 12.8 Å². The molecule has 1 aliphatic heterocycles. The normalized spacial score (nSPS) is 20.0. The molecule has 1 N–H and O–H groups in total. The Morgan fingerprint density at radius 2 is 2.42 bits per heavy atom. The summed E-state index contributed by atoms with van der Waals surface area (Å²) in [6, 6.07) is 0.489. The van der Waals surface area contributed by atoms with E-state index in [9.17, 15) is 4.79 Å². The van der Waals surface area contributed by atoms with Crippen LogP contribution in [0.15, 0.2) is 10.7 Å². The quantitative estimate of drug-likeness (QED) is 0.902. The number of nitrogens with one attached hydrogen (secondary N) is 1. The second-order valence-electron chi connectivity index (χ2n) is 5.66. The molecule has 0 spiro atoms. The van der Waals surface area contributed by atoms with Gasteiger partial charge in [0.25, 0.3) is 5.91 Å². The lowest BCUT2D eigenvalue weighted by Gasteiger charge is -2.32. The SMILES string of the molecule is Cc1cnoc1C(=O)N1CCCC(CNC(C)C)C1. The van der Waals surface area contributed by atoms with Crippen molar-refractivity contribution < 1.29 is 9.32 Å². The summed E-state index contributed by atoms with van der Waals surface area (Å²) in [6.45, 7) is 8.73. The Hall–Kier alpha value is -1.36. The van der Waals surface area contributed by atoms with Crippen molar-refractivity contribution >= 4 is 5.91 Å². The van der Waals surface area contributed by atoms with Gasteiger partial charge in [-0.25, -0.2) is 0 Å². The summed E-state index contributed by atoms with van der Waals surface area (Å²) in [7, 11) is 0. The third-order valence-electron chi connectivity index (χ3n) is 3.56. The van der Waals surface area contributed by atoms with Crippen molar-refractivity contribution in [2.75, 3.05) is 19.6 Å². The molecule has 0 bridgehead atoms. The van der Waals surface area contributed by atoms with Crippen LogP contribution in [0.2, 0.25) is 0 Å². The number of amides is 1. The van der Waals surface area contributed by atoms with Gasteiger partial charge in [0.05, 0.1) is 6.20 Å². The number of carbonyl (C=O) groups excluding carboxylic acids is 1. The second kappa shape index (κ2) is 6.19. The first-order chi connectivity index (χ1) is 9.08. The molecular weight excluding hydrogens is 242 g/mol. The number of rotatable bonds is 4. The molecule has 2 heterocycles. The smallest absolute Gasteiger partial charge is 0.292 e. The molecule has 19 heavy (non-hydrogen) atoms. The molecule has 1 aliphatic rings. The third kappa shape index (κ3) is 3.56. The topological polar surface area (TPSA) is 58.4 Å². The van der Waals surface area contributed by atoms with E-state index in [1.165, 1.54) is 6.42 Å². The maximum absolute atomic E-state index is 12.3. The lowest BCUT2D eigenvalue weighted by molar-refractivity contribution is 0.0629. The first kappa shape index (κ1) is 14.1. The fraction of sp³-hybridized carbons (Fsp3) is 0.714. The Kier molecular flexibility index (Phi) is 4.58. The number of hydrogen-bond donors (Lipinski definition) is 1. The minimum atomic E-state index is -0.0238. The molecular formula is C14H23N3O2. The summed E-state index contributed by atoms with van der Waals surface area (Å²) in [4.78, 5) is 14.2. The van der Waals surface area contributed by atoms with Gasteiger partial charge in [0.15, 0.2) is 0 Å². The second-order valence-corrected chi connectivity index (χ2v) is 5.66. The van der Waals surface area contributed by atoms with E-state index >= 15 is 0 Å². The Morgan fingerprint density at radius 1 is 1.63 bits per heavy atom. The Morgan fingerprint density at radius 3 is 3.05 bits per heavy atom. The third-order valence-corrected chi connectivity index (χ3v) is 3.56. The van der Waals surface area contributed by atoms with Gasteiger partial charge in [0, 0.05) is 24.7 Å². The summed E-state index contributed by atoms with van der Waals surface area (Å²) in [5.74, 6) is 0.894. The van der Waals surface area contributed by atoms with Crippen LogP contribution in [0.5, 0.6) is 0 Å². The van der Waals surface area contributed by atoms with Crippen molar-refractivity contribution in [2.24, 2.45) is 5.92 Å². The molecule has 1 unspecified atom stereocenters. The Bertz CT molecular complexity index is 428. The van der Waals surface area contributed by atoms with Crippen LogP contribution < -0.4 is 5.32 Å². The Balaban J connectivity index is 1.94. The zero-order valence-electron chi connectivity index (χ0n) is 12.0. The molecule has 5 heteroatoms. The number of piperidine rings is 1. The molecule has 0 aliphatic carbocycles. The van der Waals surface area contributed by atoms with E-state index in [0.29, 0.717) is 17.7 Å². The van der Waals surface area contributed by atoms with E-state index in [-0.39, 0.29) is 5.91 Å². The predicted octanol–water partition coefficient (Wildman–Crippen LogP) is 1.83. The monoisotopic (exact) mass is 265 g/mol. The van der Waals surface area contributed by atoms with E-state index in [2.05, 4.69) is 24.3 Å². The van der Waals surface area contributed by atoms with Gasteiger partial charge in [-0.3, -0.25) is 4.79 Å². The largest absolute Gasteiger partial charge is 0.351 e. The first-order valence-corrected chi connectivity index (χ1v) is 7.02. The van der Waals surface area contributed by atoms with Crippen molar-refractivity contribution in [3.8, 4) is 0 Å². The van der Waals surface area contributed by atoms with Crippen LogP contribution in [0.1, 0.15) is 42.8 Å².